The third-order valence-electron chi connectivity index (χ3n) is 12.5. The molecule has 2 aliphatic heterocycles. The monoisotopic (exact) mass is 481 g/mol. The lowest BCUT2D eigenvalue weighted by Gasteiger charge is -2.78. The Morgan fingerprint density at radius 3 is 2.54 bits per heavy atom. The SMILES string of the molecule is CO[C@@]12CC[C@@]3(C[C@@H]1[C@](C)(O)C(C)(C)C)[C@H]1Cc4ccc(O)c5c4[C@@]3(CCN1CC1CC1)[C@]2(C)O5. The second-order valence-corrected chi connectivity index (χ2v) is 14.3. The number of methoxy groups -OCH3 is 1. The molecule has 1 aromatic carbocycles. The molecule has 0 aromatic heterocycles. The topological polar surface area (TPSA) is 62.2 Å². The van der Waals surface area contributed by atoms with E-state index in [9.17, 15) is 10.2 Å². The van der Waals surface area contributed by atoms with E-state index in [1.54, 1.807) is 0 Å². The number of fused-ring (bicyclic) bond motifs is 2. The quantitative estimate of drug-likeness (QED) is 0.647. The molecule has 35 heavy (non-hydrogen) atoms. The van der Waals surface area contributed by atoms with Gasteiger partial charge in [0.15, 0.2) is 11.5 Å². The van der Waals surface area contributed by atoms with E-state index in [0.717, 1.165) is 44.6 Å². The van der Waals surface area contributed by atoms with E-state index < -0.39 is 16.8 Å². The molecule has 2 N–H and O–H groups in total. The van der Waals surface area contributed by atoms with Crippen LogP contribution in [0, 0.1) is 22.7 Å². The highest BCUT2D eigenvalue weighted by molar-refractivity contribution is 5.65. The van der Waals surface area contributed by atoms with Gasteiger partial charge in [-0.15, -0.1) is 0 Å². The van der Waals surface area contributed by atoms with Gasteiger partial charge in [0.05, 0.1) is 11.0 Å². The summed E-state index contributed by atoms with van der Waals surface area (Å²) in [5.41, 5.74) is -0.0893. The Morgan fingerprint density at radius 1 is 1.14 bits per heavy atom. The lowest BCUT2D eigenvalue weighted by Crippen LogP contribution is -2.87. The van der Waals surface area contributed by atoms with E-state index in [1.165, 1.54) is 30.5 Å². The minimum Gasteiger partial charge on any atom is -0.504 e. The molecule has 0 unspecified atom stereocenters. The van der Waals surface area contributed by atoms with Crippen LogP contribution in [-0.2, 0) is 16.6 Å². The lowest BCUT2D eigenvalue weighted by atomic mass is 9.30. The standard InChI is InChI=1S/C30H43NO4/c1-25(2,3)26(4,33)21-16-28-11-12-30(21,34-6)27(5)29(28)13-14-31(17-18-7-8-18)22(28)15-19-9-10-20(32)24(35-27)23(19)29/h9-10,18,21-22,32-33H,7-8,11-17H2,1-6H3/t21-,22-,26+,27+,28-,29+,30+/m1/s1. The molecule has 5 aliphatic carbocycles. The molecule has 0 amide bonds. The Balaban J connectivity index is 1.51. The fraction of sp³-hybridized carbons (Fsp3) is 0.800. The number of nitrogens with zero attached hydrogens (tertiary/aromatic N) is 1. The second kappa shape index (κ2) is 6.39. The molecule has 2 heterocycles. The predicted octanol–water partition coefficient (Wildman–Crippen LogP) is 4.80. The van der Waals surface area contributed by atoms with Gasteiger partial charge >= 0.3 is 0 Å². The van der Waals surface area contributed by atoms with Crippen molar-refractivity contribution in [3.05, 3.63) is 23.3 Å². The summed E-state index contributed by atoms with van der Waals surface area (Å²) in [4.78, 5) is 2.82. The van der Waals surface area contributed by atoms with Gasteiger partial charge in [-0.25, -0.2) is 0 Å². The number of rotatable bonds is 4. The molecule has 1 aromatic rings. The van der Waals surface area contributed by atoms with Crippen LogP contribution in [-0.4, -0.2) is 58.2 Å². The summed E-state index contributed by atoms with van der Waals surface area (Å²) in [6, 6.07) is 4.45. The van der Waals surface area contributed by atoms with Crippen LogP contribution in [0.2, 0.25) is 0 Å². The maximum absolute atomic E-state index is 12.3. The summed E-state index contributed by atoms with van der Waals surface area (Å²) in [5, 5.41) is 23.4. The van der Waals surface area contributed by atoms with Gasteiger partial charge < -0.3 is 19.7 Å². The average molecular weight is 482 g/mol. The van der Waals surface area contributed by atoms with Crippen LogP contribution in [0.4, 0.5) is 0 Å². The van der Waals surface area contributed by atoms with E-state index in [0.29, 0.717) is 11.8 Å². The molecular formula is C30H43NO4. The number of benzene rings is 1. The van der Waals surface area contributed by atoms with Crippen molar-refractivity contribution in [3.63, 3.8) is 0 Å². The van der Waals surface area contributed by atoms with Gasteiger partial charge in [0.1, 0.15) is 11.2 Å². The van der Waals surface area contributed by atoms with Crippen molar-refractivity contribution in [2.45, 2.75) is 108 Å². The molecule has 0 radical (unpaired) electrons. The highest BCUT2D eigenvalue weighted by Gasteiger charge is 2.86. The first kappa shape index (κ1) is 22.9. The number of phenolic OH excluding ortho intramolecular Hbond substituents is 1. The maximum atomic E-state index is 12.3. The third-order valence-corrected chi connectivity index (χ3v) is 12.5. The van der Waals surface area contributed by atoms with Crippen LogP contribution in [0.25, 0.3) is 0 Å². The molecule has 192 valence electrons. The van der Waals surface area contributed by atoms with Crippen LogP contribution in [0.1, 0.15) is 84.3 Å². The number of phenols is 1. The maximum Gasteiger partial charge on any atom is 0.166 e. The number of likely N-dealkylation sites (tertiary alicyclic amines) is 1. The van der Waals surface area contributed by atoms with Crippen LogP contribution in [0.5, 0.6) is 11.5 Å². The molecule has 1 saturated heterocycles. The molecule has 5 heteroatoms. The number of aliphatic hydroxyl groups is 1. The fourth-order valence-electron chi connectivity index (χ4n) is 10.2. The number of ether oxygens (including phenoxy) is 2. The van der Waals surface area contributed by atoms with Crippen molar-refractivity contribution < 1.29 is 19.7 Å². The lowest BCUT2D eigenvalue weighted by molar-refractivity contribution is -0.345. The summed E-state index contributed by atoms with van der Waals surface area (Å²) < 4.78 is 13.7. The Morgan fingerprint density at radius 2 is 1.89 bits per heavy atom. The van der Waals surface area contributed by atoms with Gasteiger partial charge in [0.25, 0.3) is 0 Å². The summed E-state index contributed by atoms with van der Waals surface area (Å²) in [7, 11) is 1.83. The summed E-state index contributed by atoms with van der Waals surface area (Å²) in [5.74, 6) is 1.74. The van der Waals surface area contributed by atoms with E-state index >= 15 is 0 Å². The molecular weight excluding hydrogens is 438 g/mol. The Labute approximate surface area is 210 Å². The van der Waals surface area contributed by atoms with Crippen LogP contribution < -0.4 is 4.74 Å². The van der Waals surface area contributed by atoms with Crippen molar-refractivity contribution in [2.75, 3.05) is 20.2 Å². The Bertz CT molecular complexity index is 1100. The predicted molar refractivity (Wildman–Crippen MR) is 135 cm³/mol. The zero-order chi connectivity index (χ0) is 24.8. The molecule has 8 rings (SSSR count). The Kier molecular flexibility index (Phi) is 4.18. The first-order valence-corrected chi connectivity index (χ1v) is 13.9. The van der Waals surface area contributed by atoms with Crippen molar-refractivity contribution in [2.24, 2.45) is 22.7 Å². The van der Waals surface area contributed by atoms with Gasteiger partial charge in [0.2, 0.25) is 0 Å². The summed E-state index contributed by atoms with van der Waals surface area (Å²) in [6.07, 6.45) is 7.71. The summed E-state index contributed by atoms with van der Waals surface area (Å²) in [6.45, 7) is 13.1. The van der Waals surface area contributed by atoms with E-state index in [1.807, 2.05) is 20.1 Å². The largest absolute Gasteiger partial charge is 0.504 e. The summed E-state index contributed by atoms with van der Waals surface area (Å²) >= 11 is 0. The first-order chi connectivity index (χ1) is 16.4. The molecule has 5 nitrogen and oxygen atoms in total. The van der Waals surface area contributed by atoms with E-state index in [4.69, 9.17) is 9.47 Å². The van der Waals surface area contributed by atoms with Gasteiger partial charge in [-0.2, -0.15) is 0 Å². The third kappa shape index (κ3) is 2.26. The number of piperidine rings is 1. The van der Waals surface area contributed by atoms with E-state index in [2.05, 4.69) is 38.7 Å². The van der Waals surface area contributed by atoms with Crippen LogP contribution in [0.3, 0.4) is 0 Å². The highest BCUT2D eigenvalue weighted by atomic mass is 16.6. The molecule has 2 spiro atoms. The Hall–Kier alpha value is -1.30. The smallest absolute Gasteiger partial charge is 0.166 e. The van der Waals surface area contributed by atoms with Crippen molar-refractivity contribution in [3.8, 4) is 11.5 Å². The minimum absolute atomic E-state index is 0.00111. The molecule has 4 bridgehead atoms. The molecule has 4 saturated carbocycles. The van der Waals surface area contributed by atoms with Gasteiger partial charge in [-0.3, -0.25) is 4.90 Å². The zero-order valence-electron chi connectivity index (χ0n) is 22.4. The molecule has 7 aliphatic rings. The van der Waals surface area contributed by atoms with E-state index in [-0.39, 0.29) is 27.9 Å². The van der Waals surface area contributed by atoms with Crippen molar-refractivity contribution in [1.82, 2.24) is 4.90 Å². The molecule has 7 atom stereocenters. The molecule has 5 fully saturated rings. The fourth-order valence-corrected chi connectivity index (χ4v) is 10.2. The van der Waals surface area contributed by atoms with Crippen molar-refractivity contribution in [1.29, 1.82) is 0 Å². The minimum atomic E-state index is -0.933. The highest BCUT2D eigenvalue weighted by Crippen LogP contribution is 2.81. The van der Waals surface area contributed by atoms with Crippen LogP contribution in [0.15, 0.2) is 12.1 Å². The number of aromatic hydroxyl groups is 1. The number of hydrogen-bond acceptors (Lipinski definition) is 5. The zero-order valence-corrected chi connectivity index (χ0v) is 22.4. The van der Waals surface area contributed by atoms with Gasteiger partial charge in [-0.05, 0) is 88.3 Å². The average Bonchev–Trinajstić information content (AvgIpc) is 3.56. The van der Waals surface area contributed by atoms with Gasteiger partial charge in [0, 0.05) is 36.6 Å². The second-order valence-electron chi connectivity index (χ2n) is 14.3. The first-order valence-electron chi connectivity index (χ1n) is 13.9. The van der Waals surface area contributed by atoms with Crippen molar-refractivity contribution >= 4 is 0 Å². The normalized spacial score (nSPS) is 45.1. The van der Waals surface area contributed by atoms with Crippen LogP contribution >= 0.6 is 0 Å². The number of hydrogen-bond donors (Lipinski definition) is 2. The van der Waals surface area contributed by atoms with Gasteiger partial charge in [-0.1, -0.05) is 26.8 Å².